The Bertz CT molecular complexity index is 3190. The van der Waals surface area contributed by atoms with Crippen molar-refractivity contribution in [2.24, 2.45) is 0 Å². The number of aromatic nitrogens is 4. The van der Waals surface area contributed by atoms with Crippen LogP contribution in [0.2, 0.25) is 0 Å². The molecule has 4 N–H and O–H groups in total. The third-order valence-electron chi connectivity index (χ3n) is 14.3. The number of aliphatic hydroxyl groups excluding tert-OH is 2. The van der Waals surface area contributed by atoms with Crippen molar-refractivity contribution < 1.29 is 19.8 Å². The lowest BCUT2D eigenvalue weighted by atomic mass is 9.89. The Kier molecular flexibility index (Phi) is 12.6. The van der Waals surface area contributed by atoms with Crippen LogP contribution in [0.4, 0.5) is 0 Å². The number of carbonyl (C=O) groups excluding carboxylic acids is 2. The highest BCUT2D eigenvalue weighted by Gasteiger charge is 2.29. The highest BCUT2D eigenvalue weighted by atomic mass is 16.3. The van der Waals surface area contributed by atoms with Crippen LogP contribution in [-0.2, 0) is 19.5 Å². The van der Waals surface area contributed by atoms with Crippen LogP contribution in [0.15, 0.2) is 121 Å². The average molecular weight is 905 g/mol. The molecule has 346 valence electrons. The van der Waals surface area contributed by atoms with Crippen LogP contribution >= 0.6 is 0 Å². The molecule has 6 aromatic carbocycles. The first kappa shape index (κ1) is 44.9. The summed E-state index contributed by atoms with van der Waals surface area (Å²) in [5.74, 6) is 1.50. The van der Waals surface area contributed by atoms with Crippen molar-refractivity contribution in [2.45, 2.75) is 116 Å². The quantitative estimate of drug-likeness (QED) is 0.0910. The van der Waals surface area contributed by atoms with Crippen LogP contribution in [0, 0.1) is 20.8 Å². The van der Waals surface area contributed by atoms with Gasteiger partial charge < -0.3 is 30.0 Å². The van der Waals surface area contributed by atoms with Crippen molar-refractivity contribution >= 4 is 33.9 Å². The molecule has 2 saturated carbocycles. The first-order chi connectivity index (χ1) is 33.0. The van der Waals surface area contributed by atoms with Crippen molar-refractivity contribution in [1.29, 1.82) is 0 Å². The summed E-state index contributed by atoms with van der Waals surface area (Å²) in [4.78, 5) is 37.1. The standard InChI is InChI=1S/C58H60N6O4/c1-5-63-53-26-18-39(57(67)59-41-20-22-43(65)23-21-41)31-51(53)61-55(63)49-14-8-6-13-48(49)46-25-17-38(30-37(46)4)11-10-28-64-54-27-19-40(58(68)60-42-33-44(66)34-42)32-52(54)62-56(64)50-15-9-7-12-47(50)45-24-16-35(2)29-36(45)3/h6-9,12-19,24-27,29-32,41-44,65-66H,5,10-11,20-23,28,33-34H2,1-4H3,(H,59,67)(H,60,68). The van der Waals surface area contributed by atoms with Gasteiger partial charge in [0.1, 0.15) is 11.6 Å². The smallest absolute Gasteiger partial charge is 0.251 e. The third kappa shape index (κ3) is 8.98. The Labute approximate surface area is 398 Å². The molecule has 0 saturated heterocycles. The number of hydrogen-bond donors (Lipinski definition) is 4. The van der Waals surface area contributed by atoms with Crippen LogP contribution in [0.1, 0.15) is 94.8 Å². The van der Waals surface area contributed by atoms with Crippen LogP contribution in [-0.4, -0.2) is 65.4 Å². The monoisotopic (exact) mass is 904 g/mol. The van der Waals surface area contributed by atoms with E-state index in [1.54, 1.807) is 0 Å². The Balaban J connectivity index is 0.916. The molecule has 0 unspecified atom stereocenters. The Hall–Kier alpha value is -6.88. The van der Waals surface area contributed by atoms with Gasteiger partial charge in [-0.25, -0.2) is 9.97 Å². The van der Waals surface area contributed by atoms with Gasteiger partial charge in [0.2, 0.25) is 0 Å². The predicted molar refractivity (Wildman–Crippen MR) is 272 cm³/mol. The van der Waals surface area contributed by atoms with E-state index >= 15 is 0 Å². The van der Waals surface area contributed by atoms with Gasteiger partial charge in [-0.1, -0.05) is 90.5 Å². The zero-order chi connectivity index (χ0) is 47.1. The Morgan fingerprint density at radius 1 is 0.574 bits per heavy atom. The lowest BCUT2D eigenvalue weighted by Gasteiger charge is -2.31. The molecule has 2 fully saturated rings. The molecule has 10 rings (SSSR count). The first-order valence-electron chi connectivity index (χ1n) is 24.4. The first-order valence-corrected chi connectivity index (χ1v) is 24.4. The molecule has 2 aliphatic carbocycles. The fourth-order valence-corrected chi connectivity index (χ4v) is 10.5. The number of benzene rings is 6. The van der Waals surface area contributed by atoms with E-state index in [9.17, 15) is 19.8 Å². The number of aryl methyl sites for hydroxylation is 6. The van der Waals surface area contributed by atoms with E-state index in [1.807, 2.05) is 36.4 Å². The maximum absolute atomic E-state index is 13.4. The van der Waals surface area contributed by atoms with Crippen LogP contribution in [0.5, 0.6) is 0 Å². The van der Waals surface area contributed by atoms with Crippen molar-refractivity contribution in [3.8, 4) is 45.0 Å². The van der Waals surface area contributed by atoms with Gasteiger partial charge in [-0.15, -0.1) is 0 Å². The molecular weight excluding hydrogens is 845 g/mol. The number of fused-ring (bicyclic) bond motifs is 2. The van der Waals surface area contributed by atoms with Gasteiger partial charge in [-0.05, 0) is 154 Å². The zero-order valence-corrected chi connectivity index (χ0v) is 39.4. The molecule has 68 heavy (non-hydrogen) atoms. The second kappa shape index (κ2) is 19.0. The van der Waals surface area contributed by atoms with Gasteiger partial charge >= 0.3 is 0 Å². The maximum atomic E-state index is 13.4. The summed E-state index contributed by atoms with van der Waals surface area (Å²) in [6, 6.07) is 42.0. The number of nitrogens with one attached hydrogen (secondary N) is 2. The van der Waals surface area contributed by atoms with Gasteiger partial charge in [0, 0.05) is 47.4 Å². The number of amides is 2. The van der Waals surface area contributed by atoms with Crippen molar-refractivity contribution in [2.75, 3.05) is 0 Å². The number of hydrogen-bond acceptors (Lipinski definition) is 6. The molecule has 0 bridgehead atoms. The summed E-state index contributed by atoms with van der Waals surface area (Å²) in [6.07, 6.45) is 5.28. The minimum absolute atomic E-state index is 0.00963. The molecule has 10 nitrogen and oxygen atoms in total. The van der Waals surface area contributed by atoms with E-state index in [4.69, 9.17) is 9.97 Å². The van der Waals surface area contributed by atoms with E-state index < -0.39 is 0 Å². The van der Waals surface area contributed by atoms with Gasteiger partial charge in [-0.3, -0.25) is 9.59 Å². The van der Waals surface area contributed by atoms with Crippen molar-refractivity contribution in [1.82, 2.24) is 29.7 Å². The fourth-order valence-electron chi connectivity index (χ4n) is 10.5. The van der Waals surface area contributed by atoms with E-state index in [1.165, 1.54) is 27.8 Å². The summed E-state index contributed by atoms with van der Waals surface area (Å²) in [5.41, 5.74) is 16.2. The van der Waals surface area contributed by atoms with Crippen molar-refractivity contribution in [3.05, 3.63) is 155 Å². The predicted octanol–water partition coefficient (Wildman–Crippen LogP) is 10.9. The minimum atomic E-state index is -0.345. The topological polar surface area (TPSA) is 134 Å². The van der Waals surface area contributed by atoms with Gasteiger partial charge in [0.05, 0.1) is 34.3 Å². The Morgan fingerprint density at radius 2 is 1.10 bits per heavy atom. The third-order valence-corrected chi connectivity index (χ3v) is 14.3. The van der Waals surface area contributed by atoms with Gasteiger partial charge in [0.15, 0.2) is 0 Å². The summed E-state index contributed by atoms with van der Waals surface area (Å²) in [6.45, 7) is 10.0. The Morgan fingerprint density at radius 3 is 1.66 bits per heavy atom. The second-order valence-electron chi connectivity index (χ2n) is 19.1. The summed E-state index contributed by atoms with van der Waals surface area (Å²) in [5, 5.41) is 26.0. The maximum Gasteiger partial charge on any atom is 0.251 e. The molecule has 0 spiro atoms. The van der Waals surface area contributed by atoms with Gasteiger partial charge in [-0.2, -0.15) is 0 Å². The number of rotatable bonds is 13. The molecule has 2 heterocycles. The van der Waals surface area contributed by atoms with Crippen LogP contribution in [0.3, 0.4) is 0 Å². The zero-order valence-electron chi connectivity index (χ0n) is 39.4. The number of carbonyl (C=O) groups is 2. The molecule has 2 amide bonds. The highest BCUT2D eigenvalue weighted by molar-refractivity contribution is 5.99. The van der Waals surface area contributed by atoms with E-state index in [2.05, 4.69) is 132 Å². The molecule has 2 aliphatic rings. The molecule has 8 aromatic rings. The molecular formula is C58H60N6O4. The molecule has 0 atom stereocenters. The normalized spacial score (nSPS) is 18.1. The lowest BCUT2D eigenvalue weighted by Crippen LogP contribution is -2.46. The summed E-state index contributed by atoms with van der Waals surface area (Å²) >= 11 is 0. The fraction of sp³-hybridized carbons (Fsp3) is 0.310. The SMILES string of the molecule is CCn1c(-c2ccccc2-c2ccc(CCCn3c(-c4ccccc4-c4ccc(C)cc4C)nc4cc(C(=O)NC5CC(O)C5)ccc43)cc2C)nc2cc(C(=O)NC3CCC(O)CC3)ccc21. The largest absolute Gasteiger partial charge is 0.393 e. The summed E-state index contributed by atoms with van der Waals surface area (Å²) < 4.78 is 4.55. The molecule has 0 radical (unpaired) electrons. The molecule has 0 aliphatic heterocycles. The number of aliphatic hydroxyl groups is 2. The molecule has 2 aromatic heterocycles. The van der Waals surface area contributed by atoms with Crippen molar-refractivity contribution in [3.63, 3.8) is 0 Å². The number of nitrogens with zero attached hydrogens (tertiary/aromatic N) is 4. The minimum Gasteiger partial charge on any atom is -0.393 e. The summed E-state index contributed by atoms with van der Waals surface area (Å²) in [7, 11) is 0. The van der Waals surface area contributed by atoms with E-state index in [0.29, 0.717) is 36.8 Å². The van der Waals surface area contributed by atoms with Crippen LogP contribution < -0.4 is 10.6 Å². The van der Waals surface area contributed by atoms with E-state index in [0.717, 1.165) is 100 Å². The highest BCUT2D eigenvalue weighted by Crippen LogP contribution is 2.38. The second-order valence-corrected chi connectivity index (χ2v) is 19.1. The van der Waals surface area contributed by atoms with E-state index in [-0.39, 0.29) is 36.1 Å². The van der Waals surface area contributed by atoms with Crippen LogP contribution in [0.25, 0.3) is 67.1 Å². The average Bonchev–Trinajstić information content (AvgIpc) is 3.89. The number of imidazole rings is 2. The lowest BCUT2D eigenvalue weighted by molar-refractivity contribution is 0.0562. The van der Waals surface area contributed by atoms with Gasteiger partial charge in [0.25, 0.3) is 11.8 Å². The molecule has 10 heteroatoms.